The van der Waals surface area contributed by atoms with Crippen LogP contribution in [0.1, 0.15) is 18.9 Å². The first-order valence-corrected chi connectivity index (χ1v) is 5.28. The molecule has 86 valence electrons. The molecule has 1 aromatic rings. The fourth-order valence-electron chi connectivity index (χ4n) is 1.28. The highest BCUT2D eigenvalue weighted by molar-refractivity contribution is 5.60. The van der Waals surface area contributed by atoms with Crippen molar-refractivity contribution in [1.82, 2.24) is 0 Å². The van der Waals surface area contributed by atoms with E-state index < -0.39 is 0 Å². The lowest BCUT2D eigenvalue weighted by Crippen LogP contribution is -2.28. The van der Waals surface area contributed by atoms with Crippen molar-refractivity contribution in [3.05, 3.63) is 23.8 Å². The molecule has 3 N–H and O–H groups in total. The van der Waals surface area contributed by atoms with E-state index in [4.69, 9.17) is 15.7 Å². The number of hydrogen-bond donors (Lipinski definition) is 2. The SMILES string of the molecule is CCC(N)CNc1cc(OC)ccc1C#N. The first-order chi connectivity index (χ1) is 7.71. The molecule has 4 nitrogen and oxygen atoms in total. The monoisotopic (exact) mass is 219 g/mol. The number of nitrogens with one attached hydrogen (secondary N) is 1. The van der Waals surface area contributed by atoms with Crippen molar-refractivity contribution in [2.75, 3.05) is 19.0 Å². The summed E-state index contributed by atoms with van der Waals surface area (Å²) in [6.07, 6.45) is 0.902. The highest BCUT2D eigenvalue weighted by Crippen LogP contribution is 2.21. The van der Waals surface area contributed by atoms with Crippen molar-refractivity contribution < 1.29 is 4.74 Å². The minimum atomic E-state index is 0.0951. The minimum absolute atomic E-state index is 0.0951. The van der Waals surface area contributed by atoms with Crippen LogP contribution < -0.4 is 15.8 Å². The second kappa shape index (κ2) is 5.99. The molecular weight excluding hydrogens is 202 g/mol. The van der Waals surface area contributed by atoms with Gasteiger partial charge in [-0.2, -0.15) is 5.26 Å². The molecule has 0 saturated heterocycles. The van der Waals surface area contributed by atoms with Gasteiger partial charge in [-0.1, -0.05) is 6.92 Å². The molecule has 1 unspecified atom stereocenters. The summed E-state index contributed by atoms with van der Waals surface area (Å²) in [4.78, 5) is 0. The Labute approximate surface area is 96.0 Å². The first kappa shape index (κ1) is 12.3. The van der Waals surface area contributed by atoms with Crippen LogP contribution in [0.2, 0.25) is 0 Å². The molecular formula is C12H17N3O. The summed E-state index contributed by atoms with van der Waals surface area (Å²) in [5, 5.41) is 12.1. The summed E-state index contributed by atoms with van der Waals surface area (Å²) >= 11 is 0. The van der Waals surface area contributed by atoms with E-state index in [-0.39, 0.29) is 6.04 Å². The molecule has 4 heteroatoms. The lowest BCUT2D eigenvalue weighted by Gasteiger charge is -2.13. The topological polar surface area (TPSA) is 71.1 Å². The van der Waals surface area contributed by atoms with E-state index in [0.717, 1.165) is 17.9 Å². The van der Waals surface area contributed by atoms with Gasteiger partial charge in [0.25, 0.3) is 0 Å². The maximum absolute atomic E-state index is 8.94. The van der Waals surface area contributed by atoms with Crippen molar-refractivity contribution in [3.8, 4) is 11.8 Å². The van der Waals surface area contributed by atoms with E-state index in [0.29, 0.717) is 12.1 Å². The third-order valence-corrected chi connectivity index (χ3v) is 2.43. The van der Waals surface area contributed by atoms with Crippen molar-refractivity contribution in [2.45, 2.75) is 19.4 Å². The number of anilines is 1. The molecule has 0 aliphatic carbocycles. The zero-order valence-electron chi connectivity index (χ0n) is 9.66. The fraction of sp³-hybridized carbons (Fsp3) is 0.417. The highest BCUT2D eigenvalue weighted by atomic mass is 16.5. The van der Waals surface area contributed by atoms with Gasteiger partial charge in [0.15, 0.2) is 0 Å². The average Bonchev–Trinajstić information content (AvgIpc) is 2.35. The molecule has 0 radical (unpaired) electrons. The number of ether oxygens (including phenoxy) is 1. The summed E-state index contributed by atoms with van der Waals surface area (Å²) in [7, 11) is 1.60. The fourth-order valence-corrected chi connectivity index (χ4v) is 1.28. The quantitative estimate of drug-likeness (QED) is 0.791. The Hall–Kier alpha value is -1.73. The summed E-state index contributed by atoms with van der Waals surface area (Å²) in [5.41, 5.74) is 7.18. The maximum atomic E-state index is 8.94. The van der Waals surface area contributed by atoms with Gasteiger partial charge in [0.05, 0.1) is 18.4 Å². The molecule has 0 aliphatic heterocycles. The molecule has 1 atom stereocenters. The Morgan fingerprint density at radius 2 is 2.31 bits per heavy atom. The molecule has 1 aromatic carbocycles. The van der Waals surface area contributed by atoms with Crippen LogP contribution in [-0.2, 0) is 0 Å². The molecule has 0 spiro atoms. The molecule has 0 bridgehead atoms. The molecule has 0 aliphatic rings. The zero-order chi connectivity index (χ0) is 12.0. The molecule has 1 rings (SSSR count). The van der Waals surface area contributed by atoms with Crippen molar-refractivity contribution in [3.63, 3.8) is 0 Å². The Balaban J connectivity index is 2.80. The van der Waals surface area contributed by atoms with Crippen molar-refractivity contribution in [1.29, 1.82) is 5.26 Å². The number of methoxy groups -OCH3 is 1. The van der Waals surface area contributed by atoms with E-state index >= 15 is 0 Å². The zero-order valence-corrected chi connectivity index (χ0v) is 9.66. The number of rotatable bonds is 5. The molecule has 0 heterocycles. The third-order valence-electron chi connectivity index (χ3n) is 2.43. The van der Waals surface area contributed by atoms with Crippen LogP contribution in [0.3, 0.4) is 0 Å². The van der Waals surface area contributed by atoms with Gasteiger partial charge in [-0.05, 0) is 18.6 Å². The number of benzene rings is 1. The van der Waals surface area contributed by atoms with Gasteiger partial charge in [-0.15, -0.1) is 0 Å². The van der Waals surface area contributed by atoms with Gasteiger partial charge in [0.2, 0.25) is 0 Å². The predicted molar refractivity (Wildman–Crippen MR) is 64.5 cm³/mol. The van der Waals surface area contributed by atoms with Gasteiger partial charge < -0.3 is 15.8 Å². The van der Waals surface area contributed by atoms with Gasteiger partial charge in [0.1, 0.15) is 11.8 Å². The summed E-state index contributed by atoms with van der Waals surface area (Å²) in [5.74, 6) is 0.728. The molecule has 0 saturated carbocycles. The van der Waals surface area contributed by atoms with Gasteiger partial charge in [0, 0.05) is 18.7 Å². The number of hydrogen-bond acceptors (Lipinski definition) is 4. The van der Waals surface area contributed by atoms with Crippen LogP contribution in [0, 0.1) is 11.3 Å². The maximum Gasteiger partial charge on any atom is 0.121 e. The summed E-state index contributed by atoms with van der Waals surface area (Å²) < 4.78 is 5.11. The van der Waals surface area contributed by atoms with Crippen LogP contribution in [0.4, 0.5) is 5.69 Å². The molecule has 0 fully saturated rings. The number of nitriles is 1. The van der Waals surface area contributed by atoms with Crippen LogP contribution in [0.25, 0.3) is 0 Å². The van der Waals surface area contributed by atoms with Gasteiger partial charge in [-0.3, -0.25) is 0 Å². The predicted octanol–water partition coefficient (Wildman–Crippen LogP) is 1.72. The van der Waals surface area contributed by atoms with Crippen LogP contribution >= 0.6 is 0 Å². The normalized spacial score (nSPS) is 11.6. The van der Waals surface area contributed by atoms with Crippen LogP contribution in [0.5, 0.6) is 5.75 Å². The standard InChI is InChI=1S/C12H17N3O/c1-3-10(14)8-15-12-6-11(16-2)5-4-9(12)7-13/h4-6,10,15H,3,8,14H2,1-2H3. The lowest BCUT2D eigenvalue weighted by molar-refractivity contribution is 0.415. The van der Waals surface area contributed by atoms with Gasteiger partial charge in [-0.25, -0.2) is 0 Å². The molecule has 16 heavy (non-hydrogen) atoms. The summed E-state index contributed by atoms with van der Waals surface area (Å²) in [6.45, 7) is 2.68. The van der Waals surface area contributed by atoms with Crippen molar-refractivity contribution >= 4 is 5.69 Å². The van der Waals surface area contributed by atoms with E-state index in [1.54, 1.807) is 25.3 Å². The molecule has 0 aromatic heterocycles. The lowest BCUT2D eigenvalue weighted by atomic mass is 10.1. The van der Waals surface area contributed by atoms with Crippen molar-refractivity contribution in [2.24, 2.45) is 5.73 Å². The Kier molecular flexibility index (Phi) is 4.62. The van der Waals surface area contributed by atoms with E-state index in [1.165, 1.54) is 0 Å². The van der Waals surface area contributed by atoms with E-state index in [1.807, 2.05) is 6.92 Å². The largest absolute Gasteiger partial charge is 0.497 e. The third kappa shape index (κ3) is 3.14. The smallest absolute Gasteiger partial charge is 0.121 e. The number of nitrogens with zero attached hydrogens (tertiary/aromatic N) is 1. The Bertz CT molecular complexity index is 384. The van der Waals surface area contributed by atoms with Crippen LogP contribution in [-0.4, -0.2) is 19.7 Å². The van der Waals surface area contributed by atoms with E-state index in [9.17, 15) is 0 Å². The highest BCUT2D eigenvalue weighted by Gasteiger charge is 2.05. The van der Waals surface area contributed by atoms with Crippen LogP contribution in [0.15, 0.2) is 18.2 Å². The Morgan fingerprint density at radius 1 is 1.56 bits per heavy atom. The van der Waals surface area contributed by atoms with E-state index in [2.05, 4.69) is 11.4 Å². The first-order valence-electron chi connectivity index (χ1n) is 5.28. The second-order valence-corrected chi connectivity index (χ2v) is 3.57. The number of nitrogens with two attached hydrogens (primary N) is 1. The second-order valence-electron chi connectivity index (χ2n) is 3.57. The minimum Gasteiger partial charge on any atom is -0.497 e. The molecule has 0 amide bonds. The Morgan fingerprint density at radius 3 is 2.88 bits per heavy atom. The van der Waals surface area contributed by atoms with Gasteiger partial charge >= 0.3 is 0 Å². The summed E-state index contributed by atoms with van der Waals surface area (Å²) in [6, 6.07) is 7.53. The average molecular weight is 219 g/mol.